The first-order valence-corrected chi connectivity index (χ1v) is 13.1. The zero-order valence-electron chi connectivity index (χ0n) is 20.2. The van der Waals surface area contributed by atoms with Crippen LogP contribution in [0.2, 0.25) is 0 Å². The predicted molar refractivity (Wildman–Crippen MR) is 140 cm³/mol. The summed E-state index contributed by atoms with van der Waals surface area (Å²) < 4.78 is 0. The smallest absolute Gasteiger partial charge is 0.270 e. The van der Waals surface area contributed by atoms with Crippen molar-refractivity contribution in [2.75, 3.05) is 38.0 Å². The fourth-order valence-electron chi connectivity index (χ4n) is 4.32. The molecule has 2 fully saturated rings. The maximum Gasteiger partial charge on any atom is 0.270 e. The van der Waals surface area contributed by atoms with Crippen molar-refractivity contribution in [3.63, 3.8) is 0 Å². The van der Waals surface area contributed by atoms with E-state index in [1.54, 1.807) is 11.1 Å². The van der Waals surface area contributed by atoms with Crippen LogP contribution in [0.15, 0.2) is 59.4 Å². The van der Waals surface area contributed by atoms with Crippen molar-refractivity contribution in [3.05, 3.63) is 70.6 Å². The van der Waals surface area contributed by atoms with Crippen molar-refractivity contribution >= 4 is 29.3 Å². The summed E-state index contributed by atoms with van der Waals surface area (Å²) in [6.45, 7) is 6.62. The largest absolute Gasteiger partial charge is 0.392 e. The molecule has 2 amide bonds. The van der Waals surface area contributed by atoms with E-state index in [0.717, 1.165) is 24.3 Å². The molecule has 1 aromatic heterocycles. The van der Waals surface area contributed by atoms with Gasteiger partial charge in [-0.25, -0.2) is 0 Å². The van der Waals surface area contributed by atoms with E-state index in [1.807, 2.05) is 25.1 Å². The van der Waals surface area contributed by atoms with E-state index in [0.29, 0.717) is 18.1 Å². The zero-order valence-corrected chi connectivity index (χ0v) is 21.0. The molecule has 0 spiro atoms. The third-order valence-corrected chi connectivity index (χ3v) is 7.67. The Hall–Kier alpha value is -3.04. The molecule has 8 nitrogen and oxygen atoms in total. The normalized spacial score (nSPS) is 19.7. The second-order valence-electron chi connectivity index (χ2n) is 8.79. The van der Waals surface area contributed by atoms with E-state index in [1.165, 1.54) is 43.3 Å². The minimum absolute atomic E-state index is 0.0392. The Labute approximate surface area is 211 Å². The third kappa shape index (κ3) is 6.55. The number of hydrogen-bond acceptors (Lipinski definition) is 7. The minimum atomic E-state index is -0.400. The minimum Gasteiger partial charge on any atom is -0.392 e. The van der Waals surface area contributed by atoms with Crippen molar-refractivity contribution in [2.45, 2.75) is 38.0 Å². The van der Waals surface area contributed by atoms with Gasteiger partial charge in [0, 0.05) is 31.5 Å². The number of nitrogens with zero attached hydrogens (tertiary/aromatic N) is 3. The first kappa shape index (κ1) is 25.1. The number of benzene rings is 1. The molecule has 2 aliphatic heterocycles. The number of nitrogens with one attached hydrogen (secondary N) is 2. The standard InChI is InChI=1S/C26H34N6O2S/c1-2-32-25(34)22(35-26(32)23(27)24(33)30-17-21-7-3-4-13-28-21)18-29-20-10-8-19(9-11-20)12-16-31-14-5-6-15-31/h3-4,7-11,13,22,29H,2,5-6,12,14-18,27H2,1H3,(H,30,33)/b26-23+/t22-/m1/s1. The third-order valence-electron chi connectivity index (χ3n) is 6.35. The van der Waals surface area contributed by atoms with Crippen LogP contribution in [0, 0.1) is 0 Å². The Balaban J connectivity index is 1.31. The van der Waals surface area contributed by atoms with E-state index in [4.69, 9.17) is 5.73 Å². The Morgan fingerprint density at radius 1 is 1.17 bits per heavy atom. The van der Waals surface area contributed by atoms with Gasteiger partial charge < -0.3 is 26.2 Å². The van der Waals surface area contributed by atoms with Crippen molar-refractivity contribution in [3.8, 4) is 0 Å². The zero-order chi connectivity index (χ0) is 24.6. The number of nitrogens with two attached hydrogens (primary N) is 1. The SMILES string of the molecule is CCN1C(=O)[C@@H](CNc2ccc(CCN3CCCC3)cc2)S/C1=C(/N)C(=O)NCc1ccccn1. The molecule has 3 heterocycles. The van der Waals surface area contributed by atoms with Crippen LogP contribution < -0.4 is 16.4 Å². The average molecular weight is 495 g/mol. The number of rotatable bonds is 10. The lowest BCUT2D eigenvalue weighted by Gasteiger charge is -2.16. The molecule has 0 unspecified atom stereocenters. The topological polar surface area (TPSA) is 104 Å². The number of carbonyl (C=O) groups is 2. The molecule has 0 bridgehead atoms. The molecule has 0 radical (unpaired) electrons. The van der Waals surface area contributed by atoms with E-state index < -0.39 is 5.91 Å². The molecule has 2 aliphatic rings. The molecule has 2 aromatic rings. The summed E-state index contributed by atoms with van der Waals surface area (Å²) in [7, 11) is 0. The molecule has 186 valence electrons. The first-order chi connectivity index (χ1) is 17.0. The highest BCUT2D eigenvalue weighted by atomic mass is 32.2. The van der Waals surface area contributed by atoms with Gasteiger partial charge >= 0.3 is 0 Å². The average Bonchev–Trinajstić information content (AvgIpc) is 3.53. The number of anilines is 1. The van der Waals surface area contributed by atoms with E-state index >= 15 is 0 Å². The highest BCUT2D eigenvalue weighted by Gasteiger charge is 2.38. The van der Waals surface area contributed by atoms with Crippen molar-refractivity contribution < 1.29 is 9.59 Å². The molecule has 1 atom stereocenters. The van der Waals surface area contributed by atoms with Crippen molar-refractivity contribution in [2.24, 2.45) is 5.73 Å². The fourth-order valence-corrected chi connectivity index (χ4v) is 5.55. The molecule has 35 heavy (non-hydrogen) atoms. The van der Waals surface area contributed by atoms with Crippen LogP contribution in [0.1, 0.15) is 31.0 Å². The van der Waals surface area contributed by atoms with Crippen LogP contribution in [0.3, 0.4) is 0 Å². The van der Waals surface area contributed by atoms with Gasteiger partial charge in [0.1, 0.15) is 16.0 Å². The Morgan fingerprint density at radius 2 is 1.94 bits per heavy atom. The van der Waals surface area contributed by atoms with Crippen LogP contribution in [-0.4, -0.2) is 64.6 Å². The summed E-state index contributed by atoms with van der Waals surface area (Å²) in [5, 5.41) is 6.33. The Morgan fingerprint density at radius 3 is 2.63 bits per heavy atom. The fraction of sp³-hybridized carbons (Fsp3) is 0.423. The number of thioether (sulfide) groups is 1. The van der Waals surface area contributed by atoms with Gasteiger partial charge in [-0.2, -0.15) is 0 Å². The number of pyridine rings is 1. The summed E-state index contributed by atoms with van der Waals surface area (Å²) >= 11 is 1.34. The predicted octanol–water partition coefficient (Wildman–Crippen LogP) is 2.54. The molecule has 2 saturated heterocycles. The van der Waals surface area contributed by atoms with Gasteiger partial charge in [-0.3, -0.25) is 14.6 Å². The van der Waals surface area contributed by atoms with Crippen LogP contribution >= 0.6 is 11.8 Å². The van der Waals surface area contributed by atoms with Crippen molar-refractivity contribution in [1.29, 1.82) is 0 Å². The van der Waals surface area contributed by atoms with Gasteiger partial charge in [0.25, 0.3) is 5.91 Å². The summed E-state index contributed by atoms with van der Waals surface area (Å²) in [4.78, 5) is 33.9. The number of hydrogen-bond donors (Lipinski definition) is 3. The Kier molecular flexibility index (Phi) is 8.65. The lowest BCUT2D eigenvalue weighted by Crippen LogP contribution is -2.35. The summed E-state index contributed by atoms with van der Waals surface area (Å²) in [6.07, 6.45) is 5.36. The van der Waals surface area contributed by atoms with E-state index in [2.05, 4.69) is 44.8 Å². The van der Waals surface area contributed by atoms with Crippen LogP contribution in [-0.2, 0) is 22.6 Å². The highest BCUT2D eigenvalue weighted by Crippen LogP contribution is 2.36. The second-order valence-corrected chi connectivity index (χ2v) is 9.98. The molecule has 9 heteroatoms. The first-order valence-electron chi connectivity index (χ1n) is 12.3. The summed E-state index contributed by atoms with van der Waals surface area (Å²) in [5.74, 6) is -0.440. The molecular weight excluding hydrogens is 460 g/mol. The maximum absolute atomic E-state index is 13.0. The van der Waals surface area contributed by atoms with Crippen LogP contribution in [0.5, 0.6) is 0 Å². The van der Waals surface area contributed by atoms with Crippen LogP contribution in [0.25, 0.3) is 0 Å². The van der Waals surface area contributed by atoms with Crippen LogP contribution in [0.4, 0.5) is 5.69 Å². The maximum atomic E-state index is 13.0. The monoisotopic (exact) mass is 494 g/mol. The van der Waals surface area contributed by atoms with E-state index in [-0.39, 0.29) is 23.4 Å². The summed E-state index contributed by atoms with van der Waals surface area (Å²) in [6, 6.07) is 13.9. The molecule has 0 saturated carbocycles. The summed E-state index contributed by atoms with van der Waals surface area (Å²) in [5.41, 5.74) is 9.28. The molecular formula is C26H34N6O2S. The van der Waals surface area contributed by atoms with Gasteiger partial charge in [0.15, 0.2) is 0 Å². The van der Waals surface area contributed by atoms with Gasteiger partial charge in [0.2, 0.25) is 5.91 Å². The number of amides is 2. The van der Waals surface area contributed by atoms with Gasteiger partial charge in [-0.15, -0.1) is 0 Å². The number of likely N-dealkylation sites (tertiary alicyclic amines) is 1. The molecule has 4 rings (SSSR count). The second kappa shape index (κ2) is 12.1. The lowest BCUT2D eigenvalue weighted by atomic mass is 10.1. The Bertz CT molecular complexity index is 1040. The highest BCUT2D eigenvalue weighted by molar-refractivity contribution is 8.04. The number of aromatic nitrogens is 1. The van der Waals surface area contributed by atoms with Gasteiger partial charge in [-0.05, 0) is 69.1 Å². The van der Waals surface area contributed by atoms with Gasteiger partial charge in [0.05, 0.1) is 12.2 Å². The lowest BCUT2D eigenvalue weighted by molar-refractivity contribution is -0.127. The quantitative estimate of drug-likeness (QED) is 0.436. The van der Waals surface area contributed by atoms with Gasteiger partial charge in [-0.1, -0.05) is 30.0 Å². The molecule has 0 aliphatic carbocycles. The van der Waals surface area contributed by atoms with E-state index in [9.17, 15) is 9.59 Å². The number of carbonyl (C=O) groups excluding carboxylic acids is 2. The molecule has 4 N–H and O–H groups in total. The molecule has 1 aromatic carbocycles. The van der Waals surface area contributed by atoms with Crippen molar-refractivity contribution in [1.82, 2.24) is 20.1 Å².